The van der Waals surface area contributed by atoms with Crippen molar-refractivity contribution >= 4 is 0 Å². The van der Waals surface area contributed by atoms with Gasteiger partial charge in [-0.1, -0.05) is 0 Å². The van der Waals surface area contributed by atoms with Gasteiger partial charge < -0.3 is 38.6 Å². The fourth-order valence-electron chi connectivity index (χ4n) is 7.87. The molecule has 1 aliphatic carbocycles. The summed E-state index contributed by atoms with van der Waals surface area (Å²) in [4.78, 5) is 4.66. The first kappa shape index (κ1) is 32.7. The number of rotatable bonds is 9. The molecular weight excluding hydrogens is 624 g/mol. The van der Waals surface area contributed by atoms with Gasteiger partial charge in [-0.2, -0.15) is 0 Å². The fraction of sp³-hybridized carbons (Fsp3) is 0.385. The lowest BCUT2D eigenvalue weighted by Crippen LogP contribution is -2.35. The lowest BCUT2D eigenvalue weighted by Gasteiger charge is -2.40. The fourth-order valence-corrected chi connectivity index (χ4v) is 7.87. The highest BCUT2D eigenvalue weighted by Gasteiger charge is 2.37. The molecule has 0 aromatic heterocycles. The summed E-state index contributed by atoms with van der Waals surface area (Å²) >= 11 is 0. The summed E-state index contributed by atoms with van der Waals surface area (Å²) in [6.07, 6.45) is 3.09. The molecule has 7 rings (SSSR count). The number of likely N-dealkylation sites (N-methyl/N-ethyl adjacent to an activating group) is 2. The van der Waals surface area contributed by atoms with Gasteiger partial charge in [0, 0.05) is 42.4 Å². The maximum atomic E-state index is 11.4. The van der Waals surface area contributed by atoms with Crippen molar-refractivity contribution in [2.45, 2.75) is 37.8 Å². The Labute approximate surface area is 287 Å². The van der Waals surface area contributed by atoms with Gasteiger partial charge in [-0.3, -0.25) is 9.80 Å². The van der Waals surface area contributed by atoms with Crippen LogP contribution in [-0.2, 0) is 25.7 Å². The first-order valence-corrected chi connectivity index (χ1v) is 16.6. The first-order chi connectivity index (χ1) is 23.7. The predicted octanol–water partition coefficient (Wildman–Crippen LogP) is 6.46. The first-order valence-electron chi connectivity index (χ1n) is 16.6. The van der Waals surface area contributed by atoms with Crippen LogP contribution in [0.1, 0.15) is 45.5 Å². The molecule has 0 unspecified atom stereocenters. The maximum Gasteiger partial charge on any atom is 0.169 e. The van der Waals surface area contributed by atoms with Crippen molar-refractivity contribution in [2.24, 2.45) is 0 Å². The molecule has 2 atom stereocenters. The highest BCUT2D eigenvalue weighted by atomic mass is 16.5. The van der Waals surface area contributed by atoms with E-state index < -0.39 is 0 Å². The van der Waals surface area contributed by atoms with Crippen LogP contribution in [0.2, 0.25) is 0 Å². The van der Waals surface area contributed by atoms with Crippen LogP contribution in [0, 0.1) is 0 Å². The molecule has 4 aromatic rings. The minimum Gasteiger partial charge on any atom is -0.504 e. The van der Waals surface area contributed by atoms with Gasteiger partial charge in [-0.25, -0.2) is 0 Å². The Morgan fingerprint density at radius 1 is 0.633 bits per heavy atom. The number of fused-ring (bicyclic) bond motifs is 3. The average molecular weight is 669 g/mol. The Hall–Kier alpha value is -4.80. The molecule has 258 valence electrons. The van der Waals surface area contributed by atoms with Crippen molar-refractivity contribution in [3.8, 4) is 62.9 Å². The van der Waals surface area contributed by atoms with Gasteiger partial charge in [0.15, 0.2) is 46.0 Å². The van der Waals surface area contributed by atoms with Gasteiger partial charge in [0.1, 0.15) is 5.75 Å². The molecule has 0 bridgehead atoms. The molecule has 0 amide bonds. The summed E-state index contributed by atoms with van der Waals surface area (Å²) in [5.41, 5.74) is 8.26. The van der Waals surface area contributed by atoms with E-state index in [1.165, 1.54) is 11.1 Å². The van der Waals surface area contributed by atoms with Crippen molar-refractivity contribution in [2.75, 3.05) is 62.7 Å². The molecule has 4 aromatic carbocycles. The van der Waals surface area contributed by atoms with Crippen molar-refractivity contribution in [1.29, 1.82) is 0 Å². The van der Waals surface area contributed by atoms with Gasteiger partial charge >= 0.3 is 0 Å². The van der Waals surface area contributed by atoms with Crippen LogP contribution in [0.25, 0.3) is 11.1 Å². The molecule has 0 radical (unpaired) electrons. The summed E-state index contributed by atoms with van der Waals surface area (Å²) < 4.78 is 35.1. The average Bonchev–Trinajstić information content (AvgIpc) is 3.11. The Morgan fingerprint density at radius 2 is 1.24 bits per heavy atom. The summed E-state index contributed by atoms with van der Waals surface area (Å²) in [6, 6.07) is 13.6. The number of phenols is 2. The smallest absolute Gasteiger partial charge is 0.169 e. The largest absolute Gasteiger partial charge is 0.504 e. The lowest BCUT2D eigenvalue weighted by molar-refractivity contribution is 0.226. The second kappa shape index (κ2) is 12.9. The summed E-state index contributed by atoms with van der Waals surface area (Å²) in [5, 5.41) is 22.4. The topological polar surface area (TPSA) is 102 Å². The monoisotopic (exact) mass is 668 g/mol. The number of benzene rings is 4. The molecule has 0 saturated carbocycles. The van der Waals surface area contributed by atoms with Crippen molar-refractivity contribution in [3.05, 3.63) is 75.8 Å². The maximum absolute atomic E-state index is 11.4. The Kier molecular flexibility index (Phi) is 8.62. The summed E-state index contributed by atoms with van der Waals surface area (Å²) in [5.74, 6) is 3.85. The van der Waals surface area contributed by atoms with Gasteiger partial charge in [-0.05, 0) is 110 Å². The SMILES string of the molecule is COc1cc(C[C@H]2c3cc(OC)c(OC)cc3CCN2C)c(Oc2cc3c(cc2OC)-c2c(O)c(OC)cc4c2[C@H](C3)N(C)CC4)cc1O. The van der Waals surface area contributed by atoms with Crippen molar-refractivity contribution in [3.63, 3.8) is 0 Å². The van der Waals surface area contributed by atoms with E-state index in [-0.39, 0.29) is 23.6 Å². The Morgan fingerprint density at radius 3 is 1.96 bits per heavy atom. The minimum absolute atomic E-state index is 0.00363. The van der Waals surface area contributed by atoms with Crippen LogP contribution in [0.4, 0.5) is 0 Å². The second-order valence-electron chi connectivity index (χ2n) is 13.1. The molecular formula is C39H44N2O8. The highest BCUT2D eigenvalue weighted by Crippen LogP contribution is 2.54. The van der Waals surface area contributed by atoms with Gasteiger partial charge in [0.2, 0.25) is 0 Å². The van der Waals surface area contributed by atoms with Crippen LogP contribution in [0.5, 0.6) is 51.7 Å². The van der Waals surface area contributed by atoms with E-state index in [0.29, 0.717) is 46.7 Å². The van der Waals surface area contributed by atoms with Crippen molar-refractivity contribution < 1.29 is 38.6 Å². The third kappa shape index (κ3) is 5.53. The van der Waals surface area contributed by atoms with Crippen LogP contribution < -0.4 is 28.4 Å². The number of nitrogens with zero attached hydrogens (tertiary/aromatic N) is 2. The van der Waals surface area contributed by atoms with Crippen molar-refractivity contribution in [1.82, 2.24) is 9.80 Å². The third-order valence-electron chi connectivity index (χ3n) is 10.5. The molecule has 0 spiro atoms. The standard InChI is InChI=1S/C39H44N2O8/c1-40-10-8-21-14-32(45-4)33(46-5)18-25(21)27(40)13-24-17-31(44-3)29(42)20-30(24)49-35-16-23-12-28-37-22(9-11-41(28)2)15-36(48-7)39(43)38(37)26(23)19-34(35)47-6/h14-20,27-28,42-43H,8-13H2,1-7H3/t27-,28-/m0/s1. The lowest BCUT2D eigenvalue weighted by atomic mass is 9.76. The molecule has 2 aliphatic heterocycles. The van der Waals surface area contributed by atoms with E-state index in [2.05, 4.69) is 36.0 Å². The summed E-state index contributed by atoms with van der Waals surface area (Å²) in [6.45, 7) is 1.78. The van der Waals surface area contributed by atoms with E-state index in [1.54, 1.807) is 41.6 Å². The van der Waals surface area contributed by atoms with E-state index in [1.807, 2.05) is 24.3 Å². The molecule has 10 nitrogen and oxygen atoms in total. The van der Waals surface area contributed by atoms with E-state index in [4.69, 9.17) is 28.4 Å². The normalized spacial score (nSPS) is 18.2. The van der Waals surface area contributed by atoms with Crippen LogP contribution in [0.15, 0.2) is 42.5 Å². The molecule has 0 fully saturated rings. The number of hydrogen-bond donors (Lipinski definition) is 2. The molecule has 10 heteroatoms. The van der Waals surface area contributed by atoms with Gasteiger partial charge in [-0.15, -0.1) is 0 Å². The molecule has 49 heavy (non-hydrogen) atoms. The molecule has 0 saturated heterocycles. The Balaban J connectivity index is 1.31. The summed E-state index contributed by atoms with van der Waals surface area (Å²) in [7, 11) is 12.3. The van der Waals surface area contributed by atoms with Gasteiger partial charge in [0.25, 0.3) is 0 Å². The van der Waals surface area contributed by atoms with Crippen LogP contribution >= 0.6 is 0 Å². The zero-order chi connectivity index (χ0) is 34.6. The molecule has 2 heterocycles. The predicted molar refractivity (Wildman–Crippen MR) is 186 cm³/mol. The number of phenolic OH excluding ortho intramolecular Hbond substituents is 2. The third-order valence-corrected chi connectivity index (χ3v) is 10.5. The highest BCUT2D eigenvalue weighted by molar-refractivity contribution is 5.84. The number of hydrogen-bond acceptors (Lipinski definition) is 10. The number of aromatic hydroxyl groups is 2. The number of methoxy groups -OCH3 is 5. The zero-order valence-electron chi connectivity index (χ0n) is 29.2. The van der Waals surface area contributed by atoms with Gasteiger partial charge in [0.05, 0.1) is 35.5 Å². The molecule has 2 N–H and O–H groups in total. The quantitative estimate of drug-likeness (QED) is 0.207. The Bertz CT molecular complexity index is 1920. The van der Waals surface area contributed by atoms with Crippen LogP contribution in [0.3, 0.4) is 0 Å². The number of ether oxygens (including phenoxy) is 6. The van der Waals surface area contributed by atoms with E-state index >= 15 is 0 Å². The minimum atomic E-state index is -0.0238. The van der Waals surface area contributed by atoms with Crippen LogP contribution in [-0.4, -0.2) is 82.7 Å². The second-order valence-corrected chi connectivity index (χ2v) is 13.1. The zero-order valence-corrected chi connectivity index (χ0v) is 29.2. The van der Waals surface area contributed by atoms with E-state index in [0.717, 1.165) is 65.7 Å². The molecule has 3 aliphatic rings. The van der Waals surface area contributed by atoms with E-state index in [9.17, 15) is 10.2 Å².